The predicted octanol–water partition coefficient (Wildman–Crippen LogP) is 5.58. The van der Waals surface area contributed by atoms with Crippen molar-refractivity contribution >= 4 is 23.4 Å². The van der Waals surface area contributed by atoms with Crippen LogP contribution < -0.4 is 5.32 Å². The van der Waals surface area contributed by atoms with Gasteiger partial charge in [-0.15, -0.1) is 0 Å². The van der Waals surface area contributed by atoms with E-state index in [1.54, 1.807) is 23.1 Å². The second-order valence-electron chi connectivity index (χ2n) is 8.24. The first-order chi connectivity index (χ1) is 16.5. The summed E-state index contributed by atoms with van der Waals surface area (Å²) in [6.07, 6.45) is 1.85. The van der Waals surface area contributed by atoms with E-state index in [-0.39, 0.29) is 30.6 Å². The SMILES string of the molecule is CCCNC(=O)C(Cc1ccccc1)N(Cc1ccc(F)cc1)C(=O)CCc1ccccc1Cl. The van der Waals surface area contributed by atoms with Crippen molar-refractivity contribution in [2.45, 2.75) is 45.2 Å². The Balaban J connectivity index is 1.89. The van der Waals surface area contributed by atoms with Crippen LogP contribution in [-0.2, 0) is 29.0 Å². The highest BCUT2D eigenvalue weighted by Gasteiger charge is 2.30. The van der Waals surface area contributed by atoms with Crippen LogP contribution in [0.15, 0.2) is 78.9 Å². The molecule has 178 valence electrons. The van der Waals surface area contributed by atoms with Gasteiger partial charge in [0, 0.05) is 31.0 Å². The van der Waals surface area contributed by atoms with E-state index < -0.39 is 6.04 Å². The monoisotopic (exact) mass is 480 g/mol. The molecule has 3 aromatic rings. The van der Waals surface area contributed by atoms with E-state index in [4.69, 9.17) is 11.6 Å². The average molecular weight is 481 g/mol. The molecule has 0 saturated heterocycles. The van der Waals surface area contributed by atoms with Crippen LogP contribution in [0.4, 0.5) is 4.39 Å². The number of carbonyl (C=O) groups excluding carboxylic acids is 2. The molecule has 0 fully saturated rings. The van der Waals surface area contributed by atoms with Crippen molar-refractivity contribution in [3.05, 3.63) is 106 Å². The second kappa shape index (κ2) is 12.9. The summed E-state index contributed by atoms with van der Waals surface area (Å²) in [5.41, 5.74) is 2.60. The minimum Gasteiger partial charge on any atom is -0.354 e. The number of benzene rings is 3. The molecule has 0 radical (unpaired) electrons. The van der Waals surface area contributed by atoms with Gasteiger partial charge in [-0.3, -0.25) is 9.59 Å². The minimum atomic E-state index is -0.697. The van der Waals surface area contributed by atoms with E-state index in [1.165, 1.54) is 12.1 Å². The van der Waals surface area contributed by atoms with Gasteiger partial charge in [0.05, 0.1) is 0 Å². The third kappa shape index (κ3) is 7.42. The maximum atomic E-state index is 13.5. The molecule has 1 atom stereocenters. The summed E-state index contributed by atoms with van der Waals surface area (Å²) in [6, 6.07) is 22.4. The van der Waals surface area contributed by atoms with Gasteiger partial charge in [0.25, 0.3) is 0 Å². The zero-order chi connectivity index (χ0) is 24.3. The lowest BCUT2D eigenvalue weighted by Crippen LogP contribution is -2.50. The topological polar surface area (TPSA) is 49.4 Å². The lowest BCUT2D eigenvalue weighted by atomic mass is 10.0. The van der Waals surface area contributed by atoms with Crippen LogP contribution in [0, 0.1) is 5.82 Å². The highest BCUT2D eigenvalue weighted by Crippen LogP contribution is 2.20. The number of halogens is 2. The Morgan fingerprint density at radius 2 is 1.62 bits per heavy atom. The van der Waals surface area contributed by atoms with Gasteiger partial charge in [0.15, 0.2) is 0 Å². The first-order valence-electron chi connectivity index (χ1n) is 11.6. The number of nitrogens with zero attached hydrogens (tertiary/aromatic N) is 1. The molecule has 0 heterocycles. The Kier molecular flexibility index (Phi) is 9.65. The van der Waals surface area contributed by atoms with Gasteiger partial charge in [-0.2, -0.15) is 0 Å². The summed E-state index contributed by atoms with van der Waals surface area (Å²) in [4.78, 5) is 28.4. The Morgan fingerprint density at radius 3 is 2.29 bits per heavy atom. The molecule has 1 unspecified atom stereocenters. The summed E-state index contributed by atoms with van der Waals surface area (Å²) in [5, 5.41) is 3.56. The lowest BCUT2D eigenvalue weighted by molar-refractivity contribution is -0.141. The smallest absolute Gasteiger partial charge is 0.243 e. The van der Waals surface area contributed by atoms with Crippen molar-refractivity contribution in [3.8, 4) is 0 Å². The van der Waals surface area contributed by atoms with Gasteiger partial charge in [0.2, 0.25) is 11.8 Å². The molecule has 4 nitrogen and oxygen atoms in total. The molecular weight excluding hydrogens is 451 g/mol. The standard InChI is InChI=1S/C28H30ClFN2O2/c1-2-18-31-28(34)26(19-21-8-4-3-5-9-21)32(20-22-12-15-24(30)16-13-22)27(33)17-14-23-10-6-7-11-25(23)29/h3-13,15-16,26H,2,14,17-20H2,1H3,(H,31,34). The minimum absolute atomic E-state index is 0.156. The summed E-state index contributed by atoms with van der Waals surface area (Å²) in [6.45, 7) is 2.72. The summed E-state index contributed by atoms with van der Waals surface area (Å²) >= 11 is 6.28. The van der Waals surface area contributed by atoms with Crippen LogP contribution in [0.1, 0.15) is 36.5 Å². The fourth-order valence-electron chi connectivity index (χ4n) is 3.79. The van der Waals surface area contributed by atoms with E-state index in [1.807, 2.05) is 55.5 Å². The van der Waals surface area contributed by atoms with Gasteiger partial charge in [0.1, 0.15) is 11.9 Å². The van der Waals surface area contributed by atoms with Crippen LogP contribution in [0.3, 0.4) is 0 Å². The number of carbonyl (C=O) groups is 2. The van der Waals surface area contributed by atoms with Crippen molar-refractivity contribution < 1.29 is 14.0 Å². The predicted molar refractivity (Wildman–Crippen MR) is 134 cm³/mol. The molecule has 0 aliphatic rings. The van der Waals surface area contributed by atoms with Gasteiger partial charge in [-0.1, -0.05) is 79.2 Å². The van der Waals surface area contributed by atoms with E-state index in [0.717, 1.165) is 23.1 Å². The van der Waals surface area contributed by atoms with Crippen molar-refractivity contribution in [2.24, 2.45) is 0 Å². The van der Waals surface area contributed by atoms with E-state index in [0.29, 0.717) is 24.4 Å². The van der Waals surface area contributed by atoms with Gasteiger partial charge < -0.3 is 10.2 Å². The molecule has 3 rings (SSSR count). The molecule has 0 bridgehead atoms. The van der Waals surface area contributed by atoms with Crippen molar-refractivity contribution in [1.29, 1.82) is 0 Å². The van der Waals surface area contributed by atoms with Crippen LogP contribution in [0.2, 0.25) is 5.02 Å². The van der Waals surface area contributed by atoms with Gasteiger partial charge in [-0.25, -0.2) is 4.39 Å². The quantitative estimate of drug-likeness (QED) is 0.389. The van der Waals surface area contributed by atoms with Gasteiger partial charge in [-0.05, 0) is 47.7 Å². The molecule has 0 aliphatic heterocycles. The molecule has 0 aromatic heterocycles. The molecule has 0 aliphatic carbocycles. The molecule has 6 heteroatoms. The number of hydrogen-bond acceptors (Lipinski definition) is 2. The zero-order valence-electron chi connectivity index (χ0n) is 19.3. The molecule has 1 N–H and O–H groups in total. The van der Waals surface area contributed by atoms with E-state index >= 15 is 0 Å². The first-order valence-corrected chi connectivity index (χ1v) is 11.9. The van der Waals surface area contributed by atoms with E-state index in [2.05, 4.69) is 5.32 Å². The summed E-state index contributed by atoms with van der Waals surface area (Å²) in [5.74, 6) is -0.697. The molecule has 0 saturated carbocycles. The first kappa shape index (κ1) is 25.4. The van der Waals surface area contributed by atoms with Crippen LogP contribution in [0.5, 0.6) is 0 Å². The van der Waals surface area contributed by atoms with Crippen molar-refractivity contribution in [2.75, 3.05) is 6.54 Å². The Hall–Kier alpha value is -3.18. The number of amides is 2. The molecule has 0 spiro atoms. The van der Waals surface area contributed by atoms with E-state index in [9.17, 15) is 14.0 Å². The molecular formula is C28H30ClFN2O2. The molecule has 2 amide bonds. The third-order valence-electron chi connectivity index (χ3n) is 5.65. The second-order valence-corrected chi connectivity index (χ2v) is 8.64. The maximum absolute atomic E-state index is 13.5. The highest BCUT2D eigenvalue weighted by molar-refractivity contribution is 6.31. The maximum Gasteiger partial charge on any atom is 0.243 e. The Morgan fingerprint density at radius 1 is 0.941 bits per heavy atom. The fraction of sp³-hybridized carbons (Fsp3) is 0.286. The summed E-state index contributed by atoms with van der Waals surface area (Å²) < 4.78 is 13.5. The fourth-order valence-corrected chi connectivity index (χ4v) is 4.02. The van der Waals surface area contributed by atoms with Crippen molar-refractivity contribution in [1.82, 2.24) is 10.2 Å². The largest absolute Gasteiger partial charge is 0.354 e. The summed E-state index contributed by atoms with van der Waals surface area (Å²) in [7, 11) is 0. The zero-order valence-corrected chi connectivity index (χ0v) is 20.1. The van der Waals surface area contributed by atoms with Crippen LogP contribution >= 0.6 is 11.6 Å². The van der Waals surface area contributed by atoms with Crippen LogP contribution in [-0.4, -0.2) is 29.3 Å². The Labute approximate surface area is 205 Å². The van der Waals surface area contributed by atoms with Crippen molar-refractivity contribution in [3.63, 3.8) is 0 Å². The molecule has 34 heavy (non-hydrogen) atoms. The third-order valence-corrected chi connectivity index (χ3v) is 6.02. The normalized spacial score (nSPS) is 11.6. The van der Waals surface area contributed by atoms with Gasteiger partial charge >= 0.3 is 0 Å². The average Bonchev–Trinajstić information content (AvgIpc) is 2.85. The molecule has 3 aromatic carbocycles. The highest BCUT2D eigenvalue weighted by atomic mass is 35.5. The lowest BCUT2D eigenvalue weighted by Gasteiger charge is -2.31. The number of nitrogens with one attached hydrogen (secondary N) is 1. The number of aryl methyl sites for hydroxylation is 1. The number of rotatable bonds is 11. The van der Waals surface area contributed by atoms with Crippen LogP contribution in [0.25, 0.3) is 0 Å². The number of hydrogen-bond donors (Lipinski definition) is 1. The Bertz CT molecular complexity index is 1070.